The van der Waals surface area contributed by atoms with Crippen molar-refractivity contribution in [2.75, 3.05) is 31.6 Å². The number of unbranched alkanes of at least 4 members (excludes halogenated alkanes) is 1. The van der Waals surface area contributed by atoms with Crippen LogP contribution >= 0.6 is 24.0 Å². The maximum absolute atomic E-state index is 6.08. The molecule has 2 aromatic carbocycles. The van der Waals surface area contributed by atoms with E-state index >= 15 is 0 Å². The first kappa shape index (κ1) is 21.3. The molecule has 1 aliphatic rings. The third kappa shape index (κ3) is 6.30. The molecule has 0 fully saturated rings. The van der Waals surface area contributed by atoms with E-state index in [1.54, 1.807) is 0 Å². The van der Waals surface area contributed by atoms with Gasteiger partial charge < -0.3 is 20.7 Å². The number of halogens is 1. The topological polar surface area (TPSA) is 62.9 Å². The van der Waals surface area contributed by atoms with Gasteiger partial charge in [0, 0.05) is 37.8 Å². The number of hydrogen-bond acceptors (Lipinski definition) is 3. The molecule has 0 spiro atoms. The normalized spacial score (nSPS) is 15.9. The molecule has 0 radical (unpaired) electrons. The summed E-state index contributed by atoms with van der Waals surface area (Å²) in [5.74, 6) is 1.45. The molecular weight excluding hydrogens is 451 g/mol. The Labute approximate surface area is 179 Å². The van der Waals surface area contributed by atoms with Gasteiger partial charge in [0.2, 0.25) is 0 Å². The van der Waals surface area contributed by atoms with Crippen molar-refractivity contribution in [1.82, 2.24) is 5.32 Å². The summed E-state index contributed by atoms with van der Waals surface area (Å²) in [6, 6.07) is 18.7. The number of fused-ring (bicyclic) bond motifs is 1. The van der Waals surface area contributed by atoms with Gasteiger partial charge in [0.25, 0.3) is 0 Å². The number of nitrogens with one attached hydrogen (secondary N) is 1. The van der Waals surface area contributed by atoms with Gasteiger partial charge in [-0.05, 0) is 31.0 Å². The Balaban J connectivity index is 0.00000261. The highest BCUT2D eigenvalue weighted by atomic mass is 127. The van der Waals surface area contributed by atoms with Crippen molar-refractivity contribution < 1.29 is 4.74 Å². The number of benzene rings is 2. The average molecular weight is 480 g/mol. The number of nitrogens with zero attached hydrogens (tertiary/aromatic N) is 2. The highest BCUT2D eigenvalue weighted by Crippen LogP contribution is 2.31. The highest BCUT2D eigenvalue weighted by Gasteiger charge is 2.21. The Bertz CT molecular complexity index is 723. The first-order chi connectivity index (χ1) is 12.7. The van der Waals surface area contributed by atoms with Gasteiger partial charge in [0.15, 0.2) is 5.96 Å². The molecule has 5 nitrogen and oxygen atoms in total. The maximum Gasteiger partial charge on any atom is 0.189 e. The number of rotatable bonds is 7. The molecule has 0 saturated carbocycles. The minimum absolute atomic E-state index is 0. The standard InChI is InChI=1S/C21H28N4O.HI/c1-25(17-9-3-2-4-10-17)15-8-7-14-23-21(22)24-19-13-16-26-20-12-6-5-11-18(19)20;/h2-6,9-12,19H,7-8,13-16H2,1H3,(H3,22,23,24);1H. The van der Waals surface area contributed by atoms with E-state index in [1.807, 2.05) is 24.3 Å². The number of anilines is 1. The molecule has 27 heavy (non-hydrogen) atoms. The molecule has 1 heterocycles. The van der Waals surface area contributed by atoms with Crippen molar-refractivity contribution in [2.45, 2.75) is 25.3 Å². The van der Waals surface area contributed by atoms with E-state index < -0.39 is 0 Å². The van der Waals surface area contributed by atoms with E-state index in [0.717, 1.165) is 43.7 Å². The van der Waals surface area contributed by atoms with Crippen LogP contribution < -0.4 is 20.7 Å². The number of guanidine groups is 1. The fourth-order valence-corrected chi connectivity index (χ4v) is 3.19. The minimum atomic E-state index is 0. The van der Waals surface area contributed by atoms with Gasteiger partial charge in [0.05, 0.1) is 12.6 Å². The summed E-state index contributed by atoms with van der Waals surface area (Å²) in [5.41, 5.74) is 8.48. The molecule has 0 bridgehead atoms. The second-order valence-corrected chi connectivity index (χ2v) is 6.60. The molecule has 0 saturated heterocycles. The Hall–Kier alpha value is -1.96. The second kappa shape index (κ2) is 11.0. The fraction of sp³-hybridized carbons (Fsp3) is 0.381. The third-order valence-electron chi connectivity index (χ3n) is 4.66. The highest BCUT2D eigenvalue weighted by molar-refractivity contribution is 14.0. The molecule has 6 heteroatoms. The lowest BCUT2D eigenvalue weighted by Gasteiger charge is -2.26. The zero-order valence-corrected chi connectivity index (χ0v) is 18.1. The Morgan fingerprint density at radius 2 is 1.89 bits per heavy atom. The molecule has 0 amide bonds. The Morgan fingerprint density at radius 3 is 2.70 bits per heavy atom. The van der Waals surface area contributed by atoms with Gasteiger partial charge in [-0.2, -0.15) is 0 Å². The summed E-state index contributed by atoms with van der Waals surface area (Å²) in [7, 11) is 2.12. The largest absolute Gasteiger partial charge is 0.493 e. The monoisotopic (exact) mass is 480 g/mol. The molecule has 2 aromatic rings. The van der Waals surface area contributed by atoms with E-state index in [0.29, 0.717) is 12.6 Å². The maximum atomic E-state index is 6.08. The van der Waals surface area contributed by atoms with Crippen LogP contribution in [0.15, 0.2) is 59.6 Å². The van der Waals surface area contributed by atoms with Gasteiger partial charge in [-0.15, -0.1) is 24.0 Å². The third-order valence-corrected chi connectivity index (χ3v) is 4.66. The average Bonchev–Trinajstić information content (AvgIpc) is 2.68. The van der Waals surface area contributed by atoms with E-state index in [2.05, 4.69) is 52.6 Å². The van der Waals surface area contributed by atoms with Crippen LogP contribution in [0.2, 0.25) is 0 Å². The van der Waals surface area contributed by atoms with E-state index in [1.165, 1.54) is 5.69 Å². The van der Waals surface area contributed by atoms with E-state index in [9.17, 15) is 0 Å². The lowest BCUT2D eigenvalue weighted by atomic mass is 10.0. The SMILES string of the molecule is CN(CCCCN=C(N)NC1CCOc2ccccc21)c1ccccc1.I. The van der Waals surface area contributed by atoms with Crippen LogP contribution in [0.5, 0.6) is 5.75 Å². The van der Waals surface area contributed by atoms with Crippen LogP contribution in [0, 0.1) is 0 Å². The van der Waals surface area contributed by atoms with Crippen LogP contribution in [0.4, 0.5) is 5.69 Å². The van der Waals surface area contributed by atoms with E-state index in [-0.39, 0.29) is 30.0 Å². The van der Waals surface area contributed by atoms with Crippen LogP contribution in [-0.4, -0.2) is 32.7 Å². The van der Waals surface area contributed by atoms with Crippen molar-refractivity contribution in [3.63, 3.8) is 0 Å². The molecule has 146 valence electrons. The number of hydrogen-bond donors (Lipinski definition) is 2. The van der Waals surface area contributed by atoms with E-state index in [4.69, 9.17) is 10.5 Å². The Kier molecular flexibility index (Phi) is 8.71. The van der Waals surface area contributed by atoms with Crippen molar-refractivity contribution in [1.29, 1.82) is 0 Å². The van der Waals surface area contributed by atoms with Crippen molar-refractivity contribution in [2.24, 2.45) is 10.7 Å². The molecular formula is C21H29IN4O. The summed E-state index contributed by atoms with van der Waals surface area (Å²) >= 11 is 0. The molecule has 0 aromatic heterocycles. The molecule has 1 aliphatic heterocycles. The van der Waals surface area contributed by atoms with Crippen molar-refractivity contribution >= 4 is 35.6 Å². The fourth-order valence-electron chi connectivity index (χ4n) is 3.19. The first-order valence-electron chi connectivity index (χ1n) is 9.28. The van der Waals surface area contributed by atoms with Crippen molar-refractivity contribution in [3.05, 3.63) is 60.2 Å². The quantitative estimate of drug-likeness (QED) is 0.273. The van der Waals surface area contributed by atoms with Gasteiger partial charge in [-0.1, -0.05) is 36.4 Å². The predicted octanol–water partition coefficient (Wildman–Crippen LogP) is 3.95. The van der Waals surface area contributed by atoms with Gasteiger partial charge in [0.1, 0.15) is 5.75 Å². The van der Waals surface area contributed by atoms with Crippen LogP contribution in [-0.2, 0) is 0 Å². The second-order valence-electron chi connectivity index (χ2n) is 6.60. The molecule has 0 aliphatic carbocycles. The van der Waals surface area contributed by atoms with Gasteiger partial charge in [-0.3, -0.25) is 4.99 Å². The lowest BCUT2D eigenvalue weighted by molar-refractivity contribution is 0.262. The van der Waals surface area contributed by atoms with Crippen LogP contribution in [0.1, 0.15) is 30.9 Å². The van der Waals surface area contributed by atoms with Gasteiger partial charge in [-0.25, -0.2) is 0 Å². The molecule has 1 atom stereocenters. The number of ether oxygens (including phenoxy) is 1. The summed E-state index contributed by atoms with van der Waals surface area (Å²) in [6.45, 7) is 2.46. The zero-order chi connectivity index (χ0) is 18.2. The number of para-hydroxylation sites is 2. The lowest BCUT2D eigenvalue weighted by Crippen LogP contribution is -2.37. The molecule has 1 unspecified atom stereocenters. The first-order valence-corrected chi connectivity index (χ1v) is 9.28. The number of nitrogens with two attached hydrogens (primary N) is 1. The zero-order valence-electron chi connectivity index (χ0n) is 15.8. The van der Waals surface area contributed by atoms with Gasteiger partial charge >= 0.3 is 0 Å². The van der Waals surface area contributed by atoms with Crippen LogP contribution in [0.25, 0.3) is 0 Å². The molecule has 3 rings (SSSR count). The summed E-state index contributed by atoms with van der Waals surface area (Å²) < 4.78 is 5.68. The van der Waals surface area contributed by atoms with Crippen molar-refractivity contribution in [3.8, 4) is 5.75 Å². The predicted molar refractivity (Wildman–Crippen MR) is 123 cm³/mol. The number of aliphatic imine (C=N–C) groups is 1. The minimum Gasteiger partial charge on any atom is -0.493 e. The Morgan fingerprint density at radius 1 is 1.15 bits per heavy atom. The smallest absolute Gasteiger partial charge is 0.189 e. The summed E-state index contributed by atoms with van der Waals surface area (Å²) in [4.78, 5) is 6.75. The molecule has 3 N–H and O–H groups in total. The summed E-state index contributed by atoms with van der Waals surface area (Å²) in [5, 5.41) is 3.34. The summed E-state index contributed by atoms with van der Waals surface area (Å²) in [6.07, 6.45) is 3.00. The van der Waals surface area contributed by atoms with Crippen LogP contribution in [0.3, 0.4) is 0 Å².